The van der Waals surface area contributed by atoms with Gasteiger partial charge >= 0.3 is 23.7 Å². The van der Waals surface area contributed by atoms with Gasteiger partial charge < -0.3 is 9.88 Å². The van der Waals surface area contributed by atoms with Crippen LogP contribution in [-0.4, -0.2) is 46.1 Å². The molecule has 6 aromatic rings. The molecule has 0 spiro atoms. The summed E-state index contributed by atoms with van der Waals surface area (Å²) >= 11 is 0. The highest BCUT2D eigenvalue weighted by atomic mass is 19.3. The molecule has 0 saturated carbocycles. The van der Waals surface area contributed by atoms with Gasteiger partial charge in [-0.05, 0) is 89.9 Å². The molecule has 12 heteroatoms. The van der Waals surface area contributed by atoms with Crippen molar-refractivity contribution in [1.82, 2.24) is 4.57 Å². The van der Waals surface area contributed by atoms with E-state index in [-0.39, 0.29) is 0 Å². The molecule has 1 aromatic heterocycles. The van der Waals surface area contributed by atoms with E-state index in [9.17, 15) is 0 Å². The number of allylic oxidation sites excluding steroid dienone is 6. The zero-order valence-electron chi connectivity index (χ0n) is 40.4. The first-order chi connectivity index (χ1) is 32.1. The van der Waals surface area contributed by atoms with Crippen molar-refractivity contribution >= 4 is 49.8 Å². The Hall–Kier alpha value is -5.36. The second-order valence-corrected chi connectivity index (χ2v) is 20.9. The second-order valence-electron chi connectivity index (χ2n) is 20.9. The molecule has 2 unspecified atom stereocenters. The summed E-state index contributed by atoms with van der Waals surface area (Å²) in [5.74, 6) is -19.2. The van der Waals surface area contributed by atoms with Crippen LogP contribution in [0, 0.1) is 10.8 Å². The molecule has 69 heavy (non-hydrogen) atoms. The first-order valence-electron chi connectivity index (χ1n) is 23.4. The number of alkyl halides is 10. The summed E-state index contributed by atoms with van der Waals surface area (Å²) < 4.78 is 156. The van der Waals surface area contributed by atoms with Crippen molar-refractivity contribution in [3.63, 3.8) is 0 Å². The highest BCUT2D eigenvalue weighted by molar-refractivity contribution is 6.10. The number of nitrogens with two attached hydrogens (primary N) is 1. The lowest BCUT2D eigenvalue weighted by molar-refractivity contribution is -0.574. The van der Waals surface area contributed by atoms with E-state index in [1.807, 2.05) is 103 Å². The van der Waals surface area contributed by atoms with Crippen LogP contribution in [0.1, 0.15) is 92.2 Å². The summed E-state index contributed by atoms with van der Waals surface area (Å²) in [7, 11) is 0. The predicted molar refractivity (Wildman–Crippen MR) is 260 cm³/mol. The molecule has 0 aliphatic heterocycles. The highest BCUT2D eigenvalue weighted by Crippen LogP contribution is 2.55. The molecule has 2 atom stereocenters. The molecule has 7 rings (SSSR count). The van der Waals surface area contributed by atoms with E-state index in [1.165, 1.54) is 46.9 Å². The van der Waals surface area contributed by atoms with Gasteiger partial charge in [-0.2, -0.15) is 35.1 Å². The number of aromatic nitrogens is 1. The van der Waals surface area contributed by atoms with Crippen LogP contribution in [0.25, 0.3) is 44.1 Å². The van der Waals surface area contributed by atoms with Crippen LogP contribution in [0.15, 0.2) is 133 Å². The van der Waals surface area contributed by atoms with E-state index < -0.39 is 71.8 Å². The summed E-state index contributed by atoms with van der Waals surface area (Å²) in [5, 5.41) is 6.08. The number of benzene rings is 5. The van der Waals surface area contributed by atoms with Gasteiger partial charge in [0.15, 0.2) is 11.3 Å². The van der Waals surface area contributed by atoms with Gasteiger partial charge in [0, 0.05) is 50.8 Å². The zero-order chi connectivity index (χ0) is 50.6. The quantitative estimate of drug-likeness (QED) is 0.0737. The van der Waals surface area contributed by atoms with Crippen molar-refractivity contribution in [2.24, 2.45) is 10.8 Å². The van der Waals surface area contributed by atoms with Gasteiger partial charge in [0.25, 0.3) is 0 Å². The third-order valence-corrected chi connectivity index (χ3v) is 14.6. The minimum Gasteiger partial charge on any atom is -0.340 e. The number of rotatable bonds is 16. The molecule has 0 saturated heterocycles. The fourth-order valence-corrected chi connectivity index (χ4v) is 9.39. The van der Waals surface area contributed by atoms with Crippen molar-refractivity contribution in [3.05, 3.63) is 149 Å². The van der Waals surface area contributed by atoms with E-state index in [4.69, 9.17) is 0 Å². The van der Waals surface area contributed by atoms with E-state index >= 15 is 43.9 Å². The molecule has 1 heterocycles. The summed E-state index contributed by atoms with van der Waals surface area (Å²) in [4.78, 5) is 0. The van der Waals surface area contributed by atoms with Gasteiger partial charge in [-0.25, -0.2) is 8.78 Å². The number of hydrogen-bond donors (Lipinski definition) is 1. The van der Waals surface area contributed by atoms with Crippen molar-refractivity contribution in [2.75, 3.05) is 6.54 Å². The monoisotopic (exact) mass is 963 g/mol. The average Bonchev–Trinajstić information content (AvgIpc) is 3.82. The SMILES string of the molecule is CC(C)(C)C(C)(F)C(F)(F)C(F)(F)CC[NH2+]c1cccc2cccc(C/C=C/C3=C(c4ccccc4)C(=C/C=c4\c5cccc6cccc(c65)n4CCC(F)(F)C(F)(F)C(C)(F)C(C)(C)C)/CC3)c12. The lowest BCUT2D eigenvalue weighted by atomic mass is 9.73. The number of aryl methyl sites for hydroxylation is 1. The van der Waals surface area contributed by atoms with E-state index in [2.05, 4.69) is 0 Å². The Balaban J connectivity index is 1.21. The molecular weight excluding hydrogens is 903 g/mol. The van der Waals surface area contributed by atoms with Crippen LogP contribution in [-0.2, 0) is 13.0 Å². The Labute approximate surface area is 397 Å². The number of quaternary nitrogens is 1. The van der Waals surface area contributed by atoms with E-state index in [1.54, 1.807) is 28.8 Å². The molecule has 5 aromatic carbocycles. The van der Waals surface area contributed by atoms with Crippen molar-refractivity contribution in [1.29, 1.82) is 0 Å². The Morgan fingerprint density at radius 1 is 0.565 bits per heavy atom. The van der Waals surface area contributed by atoms with Crippen molar-refractivity contribution in [2.45, 2.75) is 129 Å². The molecule has 2 N–H and O–H groups in total. The molecule has 1 aliphatic rings. The standard InChI is InChI=1S/C57H60F10N2/c1-50(2,3)52(7,58)56(64,65)54(60,61)33-35-68-44-27-15-24-39-20-12-19-38(48(39)44)21-13-22-41-29-30-42(47(41)37-17-10-9-11-18-37)31-32-45-43-26-14-23-40-25-16-28-46(49(40)43)69(45)36-34-55(62,63)57(66,67)53(8,59)51(4,5)6/h9-20,22-28,31-32,68H,21,29-30,33-36H2,1-8H3/p+1/b22-13+,42-31+,45-32+. The lowest BCUT2D eigenvalue weighted by Crippen LogP contribution is -2.79. The maximum absolute atomic E-state index is 15.7. The zero-order valence-corrected chi connectivity index (χ0v) is 40.4. The Morgan fingerprint density at radius 3 is 1.72 bits per heavy atom. The van der Waals surface area contributed by atoms with Crippen LogP contribution in [0.3, 0.4) is 0 Å². The van der Waals surface area contributed by atoms with Gasteiger partial charge in [-0.1, -0.05) is 151 Å². The van der Waals surface area contributed by atoms with Gasteiger partial charge in [0.2, 0.25) is 0 Å². The maximum atomic E-state index is 15.7. The lowest BCUT2D eigenvalue weighted by Gasteiger charge is -2.43. The molecule has 0 radical (unpaired) electrons. The van der Waals surface area contributed by atoms with E-state index in [0.717, 1.165) is 54.8 Å². The summed E-state index contributed by atoms with van der Waals surface area (Å²) in [5.41, 5.74) is -4.50. The van der Waals surface area contributed by atoms with Gasteiger partial charge in [0.05, 0.1) is 13.0 Å². The summed E-state index contributed by atoms with van der Waals surface area (Å²) in [6.45, 7) is 7.21. The predicted octanol–water partition coefficient (Wildman–Crippen LogP) is 15.5. The van der Waals surface area contributed by atoms with Crippen LogP contribution in [0.4, 0.5) is 49.6 Å². The number of fused-ring (bicyclic) bond motifs is 1. The minimum atomic E-state index is -4.96. The molecule has 0 bridgehead atoms. The Bertz CT molecular complexity index is 2970. The van der Waals surface area contributed by atoms with Crippen LogP contribution in [0.5, 0.6) is 0 Å². The van der Waals surface area contributed by atoms with Crippen LogP contribution >= 0.6 is 0 Å². The van der Waals surface area contributed by atoms with E-state index in [0.29, 0.717) is 49.7 Å². The number of halogens is 10. The first kappa shape index (κ1) is 51.5. The maximum Gasteiger partial charge on any atom is 0.343 e. The third kappa shape index (κ3) is 9.27. The van der Waals surface area contributed by atoms with Crippen molar-refractivity contribution in [3.8, 4) is 0 Å². The largest absolute Gasteiger partial charge is 0.343 e. The molecule has 0 fully saturated rings. The third-order valence-electron chi connectivity index (χ3n) is 14.6. The summed E-state index contributed by atoms with van der Waals surface area (Å²) in [6.07, 6.45) is 7.03. The topological polar surface area (TPSA) is 21.5 Å². The number of nitrogens with zero attached hydrogens (tertiary/aromatic N) is 1. The second kappa shape index (κ2) is 18.4. The van der Waals surface area contributed by atoms with Crippen LogP contribution < -0.4 is 10.7 Å². The molecule has 368 valence electrons. The van der Waals surface area contributed by atoms with Gasteiger partial charge in [-0.3, -0.25) is 0 Å². The highest BCUT2D eigenvalue weighted by Gasteiger charge is 2.72. The fraction of sp³-hybridized carbons (Fsp3) is 0.404. The summed E-state index contributed by atoms with van der Waals surface area (Å²) in [6, 6.07) is 31.9. The van der Waals surface area contributed by atoms with Gasteiger partial charge in [0.1, 0.15) is 5.69 Å². The normalized spacial score (nSPS) is 17.6. The van der Waals surface area contributed by atoms with Crippen LogP contribution in [0.2, 0.25) is 0 Å². The molecule has 1 aliphatic carbocycles. The van der Waals surface area contributed by atoms with Crippen molar-refractivity contribution < 1.29 is 49.2 Å². The van der Waals surface area contributed by atoms with Gasteiger partial charge in [-0.15, -0.1) is 0 Å². The average molecular weight is 964 g/mol. The fourth-order valence-electron chi connectivity index (χ4n) is 9.39. The Kier molecular flexibility index (Phi) is 13.8. The first-order valence-corrected chi connectivity index (χ1v) is 23.4. The smallest absolute Gasteiger partial charge is 0.340 e. The number of hydrogen-bond acceptors (Lipinski definition) is 0. The molecule has 0 amide bonds. The molecule has 2 nitrogen and oxygen atoms in total. The minimum absolute atomic E-state index is 0.415. The molecular formula is C57H61F10N2+. The Morgan fingerprint density at radius 2 is 1.12 bits per heavy atom.